The van der Waals surface area contributed by atoms with Crippen LogP contribution in [-0.2, 0) is 11.2 Å². The summed E-state index contributed by atoms with van der Waals surface area (Å²) >= 11 is 0. The zero-order valence-corrected chi connectivity index (χ0v) is 19.3. The number of pyridine rings is 1. The minimum absolute atomic E-state index is 0.1000. The standard InChI is InChI=1S/C27H31N5O/c1-32(2)25-16-26(31-24-10-6-4-8-22(24)25)29-19-11-13-20(14-12-19)30-27(33)15-18-17-28-23-9-5-3-7-21(18)23/h3-10,16-17,19-20,28H,11-15H2,1-2H3,(H,29,31)(H,30,33). The number of amides is 1. The van der Waals surface area contributed by atoms with Crippen molar-refractivity contribution in [3.8, 4) is 0 Å². The van der Waals surface area contributed by atoms with Crippen LogP contribution in [0.5, 0.6) is 0 Å². The number of hydrogen-bond acceptors (Lipinski definition) is 4. The number of hydrogen-bond donors (Lipinski definition) is 3. The Hall–Kier alpha value is -3.54. The number of fused-ring (bicyclic) bond motifs is 2. The van der Waals surface area contributed by atoms with Gasteiger partial charge in [0.2, 0.25) is 5.91 Å². The molecule has 33 heavy (non-hydrogen) atoms. The molecule has 6 heteroatoms. The Kier molecular flexibility index (Phi) is 5.90. The minimum Gasteiger partial charge on any atom is -0.377 e. The van der Waals surface area contributed by atoms with Gasteiger partial charge in [0.05, 0.1) is 11.9 Å². The van der Waals surface area contributed by atoms with Gasteiger partial charge in [-0.3, -0.25) is 4.79 Å². The van der Waals surface area contributed by atoms with Crippen LogP contribution in [0.1, 0.15) is 31.2 Å². The molecule has 1 saturated carbocycles. The fraction of sp³-hybridized carbons (Fsp3) is 0.333. The summed E-state index contributed by atoms with van der Waals surface area (Å²) in [6.07, 6.45) is 6.35. The third-order valence-corrected chi connectivity index (χ3v) is 6.65. The highest BCUT2D eigenvalue weighted by Crippen LogP contribution is 2.29. The largest absolute Gasteiger partial charge is 0.377 e. The van der Waals surface area contributed by atoms with Crippen molar-refractivity contribution in [2.24, 2.45) is 0 Å². The van der Waals surface area contributed by atoms with Crippen LogP contribution < -0.4 is 15.5 Å². The quantitative estimate of drug-likeness (QED) is 0.399. The van der Waals surface area contributed by atoms with Crippen LogP contribution >= 0.6 is 0 Å². The number of aromatic nitrogens is 2. The highest BCUT2D eigenvalue weighted by molar-refractivity contribution is 5.93. The molecule has 0 unspecified atom stereocenters. The van der Waals surface area contributed by atoms with Crippen LogP contribution in [0.3, 0.4) is 0 Å². The molecule has 1 aliphatic carbocycles. The molecule has 0 radical (unpaired) electrons. The van der Waals surface area contributed by atoms with Gasteiger partial charge >= 0.3 is 0 Å². The molecule has 0 atom stereocenters. The maximum Gasteiger partial charge on any atom is 0.224 e. The van der Waals surface area contributed by atoms with E-state index < -0.39 is 0 Å². The van der Waals surface area contributed by atoms with Gasteiger partial charge in [0, 0.05) is 60.4 Å². The first-order chi connectivity index (χ1) is 16.1. The van der Waals surface area contributed by atoms with Crippen molar-refractivity contribution < 1.29 is 4.79 Å². The van der Waals surface area contributed by atoms with Crippen LogP contribution in [0.2, 0.25) is 0 Å². The van der Waals surface area contributed by atoms with Crippen LogP contribution in [0.15, 0.2) is 60.8 Å². The van der Waals surface area contributed by atoms with E-state index in [0.29, 0.717) is 12.5 Å². The average Bonchev–Trinajstić information content (AvgIpc) is 3.22. The first-order valence-corrected chi connectivity index (χ1v) is 11.7. The highest BCUT2D eigenvalue weighted by atomic mass is 16.1. The summed E-state index contributed by atoms with van der Waals surface area (Å²) in [5, 5.41) is 9.18. The van der Waals surface area contributed by atoms with Crippen molar-refractivity contribution in [2.75, 3.05) is 24.3 Å². The molecule has 3 N–H and O–H groups in total. The van der Waals surface area contributed by atoms with Crippen molar-refractivity contribution in [1.29, 1.82) is 0 Å². The van der Waals surface area contributed by atoms with E-state index in [1.54, 1.807) is 0 Å². The number of nitrogens with zero attached hydrogens (tertiary/aromatic N) is 2. The number of aromatic amines is 1. The van der Waals surface area contributed by atoms with Gasteiger partial charge in [0.1, 0.15) is 5.82 Å². The maximum absolute atomic E-state index is 12.7. The first kappa shape index (κ1) is 21.3. The molecule has 5 rings (SSSR count). The minimum atomic E-state index is 0.1000. The normalized spacial score (nSPS) is 18.4. The van der Waals surface area contributed by atoms with E-state index in [2.05, 4.69) is 64.9 Å². The third kappa shape index (κ3) is 4.65. The summed E-state index contributed by atoms with van der Waals surface area (Å²) in [6, 6.07) is 19.1. The Morgan fingerprint density at radius 2 is 1.70 bits per heavy atom. The van der Waals surface area contributed by atoms with Crippen LogP contribution in [-0.4, -0.2) is 42.1 Å². The zero-order chi connectivity index (χ0) is 22.8. The van der Waals surface area contributed by atoms with Gasteiger partial charge in [0.25, 0.3) is 0 Å². The summed E-state index contributed by atoms with van der Waals surface area (Å²) in [5.74, 6) is 1.02. The first-order valence-electron chi connectivity index (χ1n) is 11.7. The Bertz CT molecular complexity index is 1270. The lowest BCUT2D eigenvalue weighted by Crippen LogP contribution is -2.40. The monoisotopic (exact) mass is 441 g/mol. The SMILES string of the molecule is CN(C)c1cc(NC2CCC(NC(=O)Cc3c[nH]c4ccccc34)CC2)nc2ccccc12. The molecule has 2 aromatic carbocycles. The van der Waals surface area contributed by atoms with Crippen molar-refractivity contribution in [1.82, 2.24) is 15.3 Å². The second-order valence-corrected chi connectivity index (χ2v) is 9.23. The molecule has 170 valence electrons. The number of rotatable bonds is 6. The van der Waals surface area contributed by atoms with E-state index in [0.717, 1.165) is 58.9 Å². The second kappa shape index (κ2) is 9.14. The molecular weight excluding hydrogens is 410 g/mol. The lowest BCUT2D eigenvalue weighted by atomic mass is 9.91. The molecule has 4 aromatic rings. The molecular formula is C27H31N5O. The van der Waals surface area contributed by atoms with Gasteiger partial charge in [0.15, 0.2) is 0 Å². The second-order valence-electron chi connectivity index (χ2n) is 9.23. The molecule has 2 aromatic heterocycles. The predicted octanol–water partition coefficient (Wildman–Crippen LogP) is 4.86. The van der Waals surface area contributed by atoms with Crippen molar-refractivity contribution in [2.45, 2.75) is 44.2 Å². The lowest BCUT2D eigenvalue weighted by Gasteiger charge is -2.30. The van der Waals surface area contributed by atoms with Crippen molar-refractivity contribution >= 4 is 39.2 Å². The highest BCUT2D eigenvalue weighted by Gasteiger charge is 2.23. The fourth-order valence-corrected chi connectivity index (χ4v) is 4.92. The molecule has 1 amide bonds. The number of carbonyl (C=O) groups excluding carboxylic acids is 1. The van der Waals surface area contributed by atoms with E-state index >= 15 is 0 Å². The summed E-state index contributed by atoms with van der Waals surface area (Å²) in [7, 11) is 4.13. The third-order valence-electron chi connectivity index (χ3n) is 6.65. The molecule has 0 aliphatic heterocycles. The van der Waals surface area contributed by atoms with Crippen molar-refractivity contribution in [3.63, 3.8) is 0 Å². The molecule has 2 heterocycles. The Morgan fingerprint density at radius 3 is 2.48 bits per heavy atom. The Labute approximate surface area is 194 Å². The summed E-state index contributed by atoms with van der Waals surface area (Å²) in [5.41, 5.74) is 4.30. The Morgan fingerprint density at radius 1 is 1.00 bits per heavy atom. The lowest BCUT2D eigenvalue weighted by molar-refractivity contribution is -0.121. The molecule has 0 saturated heterocycles. The van der Waals surface area contributed by atoms with Gasteiger partial charge in [-0.15, -0.1) is 0 Å². The van der Waals surface area contributed by atoms with Crippen LogP contribution in [0.4, 0.5) is 11.5 Å². The maximum atomic E-state index is 12.7. The molecule has 1 aliphatic rings. The molecule has 6 nitrogen and oxygen atoms in total. The fourth-order valence-electron chi connectivity index (χ4n) is 4.92. The number of nitrogens with one attached hydrogen (secondary N) is 3. The van der Waals surface area contributed by atoms with Gasteiger partial charge in [-0.2, -0.15) is 0 Å². The summed E-state index contributed by atoms with van der Waals surface area (Å²) in [4.78, 5) is 22.9. The predicted molar refractivity (Wildman–Crippen MR) is 136 cm³/mol. The van der Waals surface area contributed by atoms with Gasteiger partial charge < -0.3 is 20.5 Å². The van der Waals surface area contributed by atoms with Gasteiger partial charge in [-0.05, 0) is 43.4 Å². The zero-order valence-electron chi connectivity index (χ0n) is 19.3. The van der Waals surface area contributed by atoms with Crippen LogP contribution in [0, 0.1) is 0 Å². The smallest absolute Gasteiger partial charge is 0.224 e. The molecule has 0 spiro atoms. The average molecular weight is 442 g/mol. The van der Waals surface area contributed by atoms with E-state index in [1.165, 1.54) is 5.69 Å². The number of para-hydroxylation sites is 2. The number of anilines is 2. The number of H-pyrrole nitrogens is 1. The Balaban J connectivity index is 1.17. The summed E-state index contributed by atoms with van der Waals surface area (Å²) in [6.45, 7) is 0. The van der Waals surface area contributed by atoms with E-state index in [4.69, 9.17) is 4.98 Å². The van der Waals surface area contributed by atoms with E-state index in [1.807, 2.05) is 30.5 Å². The van der Waals surface area contributed by atoms with Gasteiger partial charge in [-0.25, -0.2) is 4.98 Å². The number of carbonyl (C=O) groups is 1. The molecule has 0 bridgehead atoms. The van der Waals surface area contributed by atoms with Gasteiger partial charge in [-0.1, -0.05) is 36.4 Å². The topological polar surface area (TPSA) is 73.0 Å². The van der Waals surface area contributed by atoms with Crippen LogP contribution in [0.25, 0.3) is 21.8 Å². The van der Waals surface area contributed by atoms with Crippen molar-refractivity contribution in [3.05, 3.63) is 66.4 Å². The molecule has 1 fully saturated rings. The van der Waals surface area contributed by atoms with E-state index in [9.17, 15) is 4.79 Å². The summed E-state index contributed by atoms with van der Waals surface area (Å²) < 4.78 is 0. The number of benzene rings is 2. The van der Waals surface area contributed by atoms with E-state index in [-0.39, 0.29) is 11.9 Å².